The molecule has 0 bridgehead atoms. The highest BCUT2D eigenvalue weighted by Crippen LogP contribution is 2.27. The molecule has 0 aliphatic heterocycles. The second-order valence-corrected chi connectivity index (χ2v) is 3.75. The molecule has 0 saturated heterocycles. The van der Waals surface area contributed by atoms with Crippen LogP contribution in [0.5, 0.6) is 5.75 Å². The molecule has 0 amide bonds. The van der Waals surface area contributed by atoms with E-state index in [-0.39, 0.29) is 6.10 Å². The molecule has 0 radical (unpaired) electrons. The van der Waals surface area contributed by atoms with E-state index in [1.165, 1.54) is 13.4 Å². The van der Waals surface area contributed by atoms with Crippen molar-refractivity contribution in [3.8, 4) is 5.75 Å². The van der Waals surface area contributed by atoms with Crippen molar-refractivity contribution in [1.29, 1.82) is 0 Å². The lowest BCUT2D eigenvalue weighted by Gasteiger charge is -2.11. The smallest absolute Gasteiger partial charge is 0.198 e. The zero-order chi connectivity index (χ0) is 12.0. The van der Waals surface area contributed by atoms with E-state index in [9.17, 15) is 0 Å². The summed E-state index contributed by atoms with van der Waals surface area (Å²) < 4.78 is 10.5. The average Bonchev–Trinajstić information content (AvgIpc) is 2.24. The number of nitrogens with one attached hydrogen (secondary N) is 1. The second-order valence-electron chi connectivity index (χ2n) is 3.39. The monoisotopic (exact) mass is 245 g/mol. The van der Waals surface area contributed by atoms with Gasteiger partial charge in [0, 0.05) is 6.54 Å². The minimum absolute atomic E-state index is 0.220. The van der Waals surface area contributed by atoms with Crippen LogP contribution in [-0.2, 0) is 4.74 Å². The standard InChI is InChI=1S/C10H16ClN3O2/c1-7(2)16-5-4-12-10-8(15-3)9(11)13-6-14-10/h6-7H,4-5H2,1-3H3,(H,12,13,14). The molecular formula is C10H16ClN3O2. The average molecular weight is 246 g/mol. The highest BCUT2D eigenvalue weighted by atomic mass is 35.5. The largest absolute Gasteiger partial charge is 0.490 e. The SMILES string of the molecule is COc1c(Cl)ncnc1NCCOC(C)C. The van der Waals surface area contributed by atoms with E-state index >= 15 is 0 Å². The normalized spacial score (nSPS) is 10.6. The van der Waals surface area contributed by atoms with Crippen LogP contribution in [0, 0.1) is 0 Å². The summed E-state index contributed by atoms with van der Waals surface area (Å²) in [6.45, 7) is 5.22. The molecule has 5 nitrogen and oxygen atoms in total. The Kier molecular flexibility index (Phi) is 5.28. The molecule has 0 fully saturated rings. The second kappa shape index (κ2) is 6.50. The van der Waals surface area contributed by atoms with Crippen molar-refractivity contribution in [3.63, 3.8) is 0 Å². The number of hydrogen-bond donors (Lipinski definition) is 1. The fourth-order valence-electron chi connectivity index (χ4n) is 1.12. The Morgan fingerprint density at radius 1 is 1.44 bits per heavy atom. The zero-order valence-corrected chi connectivity index (χ0v) is 10.4. The first-order valence-electron chi connectivity index (χ1n) is 5.05. The van der Waals surface area contributed by atoms with Gasteiger partial charge in [0.25, 0.3) is 0 Å². The molecular weight excluding hydrogens is 230 g/mol. The van der Waals surface area contributed by atoms with Gasteiger partial charge in [-0.05, 0) is 13.8 Å². The number of nitrogens with zero attached hydrogens (tertiary/aromatic N) is 2. The van der Waals surface area contributed by atoms with E-state index in [0.29, 0.717) is 29.9 Å². The Morgan fingerprint density at radius 3 is 2.81 bits per heavy atom. The molecule has 0 aromatic carbocycles. The van der Waals surface area contributed by atoms with Gasteiger partial charge < -0.3 is 14.8 Å². The fraction of sp³-hybridized carbons (Fsp3) is 0.600. The van der Waals surface area contributed by atoms with Crippen LogP contribution in [0.25, 0.3) is 0 Å². The molecule has 1 heterocycles. The van der Waals surface area contributed by atoms with Gasteiger partial charge in [-0.1, -0.05) is 11.6 Å². The molecule has 16 heavy (non-hydrogen) atoms. The number of anilines is 1. The quantitative estimate of drug-likeness (QED) is 0.614. The van der Waals surface area contributed by atoms with Crippen molar-refractivity contribution in [2.24, 2.45) is 0 Å². The lowest BCUT2D eigenvalue weighted by atomic mass is 10.5. The molecule has 6 heteroatoms. The summed E-state index contributed by atoms with van der Waals surface area (Å²) >= 11 is 5.85. The molecule has 0 aliphatic carbocycles. The molecule has 0 unspecified atom stereocenters. The summed E-state index contributed by atoms with van der Waals surface area (Å²) in [5.41, 5.74) is 0. The maximum atomic E-state index is 5.85. The first-order chi connectivity index (χ1) is 7.65. The topological polar surface area (TPSA) is 56.3 Å². The maximum Gasteiger partial charge on any atom is 0.198 e. The molecule has 0 aliphatic rings. The Labute approximate surface area is 100 Å². The molecule has 0 spiro atoms. The lowest BCUT2D eigenvalue weighted by molar-refractivity contribution is 0.0870. The van der Waals surface area contributed by atoms with Crippen molar-refractivity contribution in [1.82, 2.24) is 9.97 Å². The van der Waals surface area contributed by atoms with Crippen molar-refractivity contribution in [2.45, 2.75) is 20.0 Å². The first-order valence-corrected chi connectivity index (χ1v) is 5.43. The van der Waals surface area contributed by atoms with Crippen LogP contribution < -0.4 is 10.1 Å². The van der Waals surface area contributed by atoms with Crippen molar-refractivity contribution in [3.05, 3.63) is 11.5 Å². The van der Waals surface area contributed by atoms with Gasteiger partial charge in [0.2, 0.25) is 0 Å². The van der Waals surface area contributed by atoms with Crippen LogP contribution in [0.3, 0.4) is 0 Å². The third-order valence-corrected chi connectivity index (χ3v) is 2.08. The van der Waals surface area contributed by atoms with E-state index in [0.717, 1.165) is 0 Å². The lowest BCUT2D eigenvalue weighted by Crippen LogP contribution is -2.14. The van der Waals surface area contributed by atoms with Crippen LogP contribution in [0.2, 0.25) is 5.15 Å². The van der Waals surface area contributed by atoms with Gasteiger partial charge >= 0.3 is 0 Å². The number of rotatable bonds is 6. The Bertz CT molecular complexity index is 334. The van der Waals surface area contributed by atoms with Gasteiger partial charge in [-0.3, -0.25) is 0 Å². The number of hydrogen-bond acceptors (Lipinski definition) is 5. The summed E-state index contributed by atoms with van der Waals surface area (Å²) in [6.07, 6.45) is 1.61. The molecule has 90 valence electrons. The van der Waals surface area contributed by atoms with E-state index in [1.807, 2.05) is 13.8 Å². The van der Waals surface area contributed by atoms with E-state index in [1.54, 1.807) is 0 Å². The zero-order valence-electron chi connectivity index (χ0n) is 9.66. The summed E-state index contributed by atoms with van der Waals surface area (Å²) in [5, 5.41) is 3.37. The van der Waals surface area contributed by atoms with Crippen LogP contribution in [0.4, 0.5) is 5.82 Å². The molecule has 1 rings (SSSR count). The Hall–Kier alpha value is -1.07. The van der Waals surface area contributed by atoms with Gasteiger partial charge in [-0.25, -0.2) is 9.97 Å². The molecule has 1 aromatic heterocycles. The highest BCUT2D eigenvalue weighted by Gasteiger charge is 2.09. The van der Waals surface area contributed by atoms with Gasteiger partial charge in [-0.2, -0.15) is 0 Å². The summed E-state index contributed by atoms with van der Waals surface area (Å²) in [7, 11) is 1.53. The van der Waals surface area contributed by atoms with Gasteiger partial charge in [0.15, 0.2) is 16.7 Å². The van der Waals surface area contributed by atoms with Gasteiger partial charge in [-0.15, -0.1) is 0 Å². The van der Waals surface area contributed by atoms with E-state index in [4.69, 9.17) is 21.1 Å². The third kappa shape index (κ3) is 3.83. The van der Waals surface area contributed by atoms with E-state index in [2.05, 4.69) is 15.3 Å². The van der Waals surface area contributed by atoms with Crippen molar-refractivity contribution >= 4 is 17.4 Å². The number of methoxy groups -OCH3 is 1. The molecule has 1 aromatic rings. The minimum atomic E-state index is 0.220. The summed E-state index contributed by atoms with van der Waals surface area (Å²) in [4.78, 5) is 7.86. The van der Waals surface area contributed by atoms with Crippen LogP contribution >= 0.6 is 11.6 Å². The minimum Gasteiger partial charge on any atom is -0.490 e. The molecule has 1 N–H and O–H groups in total. The van der Waals surface area contributed by atoms with Crippen LogP contribution in [0.1, 0.15) is 13.8 Å². The number of ether oxygens (including phenoxy) is 2. The number of aromatic nitrogens is 2. The molecule has 0 saturated carbocycles. The summed E-state index contributed by atoms with van der Waals surface area (Å²) in [5.74, 6) is 1.03. The maximum absolute atomic E-state index is 5.85. The van der Waals surface area contributed by atoms with Crippen LogP contribution in [-0.4, -0.2) is 36.3 Å². The predicted molar refractivity (Wildman–Crippen MR) is 63.2 cm³/mol. The highest BCUT2D eigenvalue weighted by molar-refractivity contribution is 6.31. The van der Waals surface area contributed by atoms with Gasteiger partial charge in [0.1, 0.15) is 6.33 Å². The molecule has 0 atom stereocenters. The van der Waals surface area contributed by atoms with Crippen LogP contribution in [0.15, 0.2) is 6.33 Å². The third-order valence-electron chi connectivity index (χ3n) is 1.81. The Balaban J connectivity index is 2.50. The summed E-state index contributed by atoms with van der Waals surface area (Å²) in [6, 6.07) is 0. The predicted octanol–water partition coefficient (Wildman–Crippen LogP) is 1.98. The number of halogens is 1. The van der Waals surface area contributed by atoms with Crippen molar-refractivity contribution in [2.75, 3.05) is 25.6 Å². The first kappa shape index (κ1) is 13.0. The fourth-order valence-corrected chi connectivity index (χ4v) is 1.33. The van der Waals surface area contributed by atoms with Gasteiger partial charge in [0.05, 0.1) is 19.8 Å². The van der Waals surface area contributed by atoms with E-state index < -0.39 is 0 Å². The van der Waals surface area contributed by atoms with Crippen molar-refractivity contribution < 1.29 is 9.47 Å². The Morgan fingerprint density at radius 2 is 2.19 bits per heavy atom.